The molecule has 3 heteroatoms. The Bertz CT molecular complexity index is 277. The molecule has 14 heavy (non-hydrogen) atoms. The number of aryl methyl sites for hydroxylation is 2. The summed E-state index contributed by atoms with van der Waals surface area (Å²) in [6.07, 6.45) is 8.68. The first-order valence-corrected chi connectivity index (χ1v) is 5.70. The zero-order valence-electron chi connectivity index (χ0n) is 8.83. The quantitative estimate of drug-likeness (QED) is 0.739. The molecular formula is C11H18N2O. The second-order valence-corrected chi connectivity index (χ2v) is 4.15. The molecule has 0 aromatic carbocycles. The molecule has 2 rings (SSSR count). The van der Waals surface area contributed by atoms with E-state index in [-0.39, 0.29) is 0 Å². The van der Waals surface area contributed by atoms with Crippen molar-refractivity contribution in [2.45, 2.75) is 51.9 Å². The van der Waals surface area contributed by atoms with Gasteiger partial charge in [-0.25, -0.2) is 0 Å². The fraction of sp³-hybridized carbons (Fsp3) is 0.818. The Morgan fingerprint density at radius 3 is 2.79 bits per heavy atom. The molecule has 1 aromatic rings. The second kappa shape index (κ2) is 4.58. The van der Waals surface area contributed by atoms with Crippen LogP contribution in [0.5, 0.6) is 0 Å². The summed E-state index contributed by atoms with van der Waals surface area (Å²) in [6, 6.07) is 0. The number of nitrogens with zero attached hydrogens (tertiary/aromatic N) is 2. The lowest BCUT2D eigenvalue weighted by molar-refractivity contribution is 0.358. The average Bonchev–Trinajstić information content (AvgIpc) is 2.86. The lowest BCUT2D eigenvalue weighted by Crippen LogP contribution is -1.96. The van der Waals surface area contributed by atoms with Gasteiger partial charge in [0.1, 0.15) is 0 Å². The van der Waals surface area contributed by atoms with Crippen molar-refractivity contribution < 1.29 is 4.52 Å². The first kappa shape index (κ1) is 9.69. The molecule has 78 valence electrons. The Morgan fingerprint density at radius 1 is 1.36 bits per heavy atom. The highest BCUT2D eigenvalue weighted by Crippen LogP contribution is 2.28. The van der Waals surface area contributed by atoms with E-state index >= 15 is 0 Å². The molecule has 0 radical (unpaired) electrons. The van der Waals surface area contributed by atoms with Gasteiger partial charge in [-0.3, -0.25) is 0 Å². The first-order valence-electron chi connectivity index (χ1n) is 5.70. The molecule has 1 fully saturated rings. The molecule has 1 aliphatic carbocycles. The van der Waals surface area contributed by atoms with Gasteiger partial charge >= 0.3 is 0 Å². The van der Waals surface area contributed by atoms with Gasteiger partial charge in [-0.2, -0.15) is 4.98 Å². The van der Waals surface area contributed by atoms with Crippen LogP contribution in [-0.4, -0.2) is 10.1 Å². The largest absolute Gasteiger partial charge is 0.339 e. The SMILES string of the molecule is CCc1noc(CCC2CCCC2)n1. The lowest BCUT2D eigenvalue weighted by Gasteiger charge is -2.04. The fourth-order valence-electron chi connectivity index (χ4n) is 2.16. The van der Waals surface area contributed by atoms with Crippen LogP contribution in [0.1, 0.15) is 50.7 Å². The summed E-state index contributed by atoms with van der Waals surface area (Å²) in [5, 5.41) is 3.89. The third-order valence-corrected chi connectivity index (χ3v) is 3.07. The summed E-state index contributed by atoms with van der Waals surface area (Å²) in [5.74, 6) is 2.58. The third-order valence-electron chi connectivity index (χ3n) is 3.07. The van der Waals surface area contributed by atoms with Gasteiger partial charge in [0.2, 0.25) is 5.89 Å². The van der Waals surface area contributed by atoms with Crippen molar-refractivity contribution in [2.24, 2.45) is 5.92 Å². The van der Waals surface area contributed by atoms with E-state index in [9.17, 15) is 0 Å². The summed E-state index contributed by atoms with van der Waals surface area (Å²) >= 11 is 0. The maximum atomic E-state index is 5.15. The molecule has 0 aliphatic heterocycles. The van der Waals surface area contributed by atoms with E-state index in [2.05, 4.69) is 10.1 Å². The molecule has 0 spiro atoms. The van der Waals surface area contributed by atoms with Gasteiger partial charge in [0.05, 0.1) is 0 Å². The van der Waals surface area contributed by atoms with Gasteiger partial charge in [0.25, 0.3) is 0 Å². The van der Waals surface area contributed by atoms with Gasteiger partial charge in [0, 0.05) is 12.8 Å². The summed E-state index contributed by atoms with van der Waals surface area (Å²) in [5.41, 5.74) is 0. The minimum atomic E-state index is 0.828. The highest BCUT2D eigenvalue weighted by Gasteiger charge is 2.16. The van der Waals surface area contributed by atoms with Crippen LogP contribution in [-0.2, 0) is 12.8 Å². The third kappa shape index (κ3) is 2.34. The minimum absolute atomic E-state index is 0.828. The number of rotatable bonds is 4. The predicted molar refractivity (Wildman–Crippen MR) is 54.0 cm³/mol. The van der Waals surface area contributed by atoms with Crippen molar-refractivity contribution in [1.82, 2.24) is 10.1 Å². The van der Waals surface area contributed by atoms with E-state index in [0.717, 1.165) is 30.5 Å². The zero-order valence-corrected chi connectivity index (χ0v) is 8.83. The van der Waals surface area contributed by atoms with Crippen LogP contribution in [0.4, 0.5) is 0 Å². The highest BCUT2D eigenvalue weighted by atomic mass is 16.5. The minimum Gasteiger partial charge on any atom is -0.339 e. The monoisotopic (exact) mass is 194 g/mol. The van der Waals surface area contributed by atoms with Gasteiger partial charge < -0.3 is 4.52 Å². The standard InChI is InChI=1S/C11H18N2O/c1-2-10-12-11(14-13-10)8-7-9-5-3-4-6-9/h9H,2-8H2,1H3. The Kier molecular flexibility index (Phi) is 3.17. The smallest absolute Gasteiger partial charge is 0.226 e. The van der Waals surface area contributed by atoms with Crippen LogP contribution >= 0.6 is 0 Å². The molecule has 1 heterocycles. The van der Waals surface area contributed by atoms with Crippen molar-refractivity contribution in [2.75, 3.05) is 0 Å². The summed E-state index contributed by atoms with van der Waals surface area (Å²) in [6.45, 7) is 2.05. The van der Waals surface area contributed by atoms with Gasteiger partial charge in [-0.15, -0.1) is 0 Å². The van der Waals surface area contributed by atoms with Crippen molar-refractivity contribution >= 4 is 0 Å². The molecule has 0 unspecified atom stereocenters. The topological polar surface area (TPSA) is 38.9 Å². The van der Waals surface area contributed by atoms with Crippen molar-refractivity contribution in [3.63, 3.8) is 0 Å². The number of hydrogen-bond donors (Lipinski definition) is 0. The molecule has 0 amide bonds. The van der Waals surface area contributed by atoms with E-state index in [1.807, 2.05) is 6.92 Å². The van der Waals surface area contributed by atoms with E-state index < -0.39 is 0 Å². The van der Waals surface area contributed by atoms with Gasteiger partial charge in [-0.05, 0) is 12.3 Å². The van der Waals surface area contributed by atoms with Crippen LogP contribution < -0.4 is 0 Å². The van der Waals surface area contributed by atoms with Crippen LogP contribution in [0.2, 0.25) is 0 Å². The van der Waals surface area contributed by atoms with E-state index in [4.69, 9.17) is 4.52 Å². The lowest BCUT2D eigenvalue weighted by atomic mass is 10.0. The Labute approximate surface area is 84.9 Å². The molecule has 3 nitrogen and oxygen atoms in total. The first-order chi connectivity index (χ1) is 6.88. The molecule has 1 saturated carbocycles. The highest BCUT2D eigenvalue weighted by molar-refractivity contribution is 4.86. The van der Waals surface area contributed by atoms with Crippen molar-refractivity contribution in [3.8, 4) is 0 Å². The van der Waals surface area contributed by atoms with E-state index in [1.54, 1.807) is 0 Å². The van der Waals surface area contributed by atoms with Crippen molar-refractivity contribution in [3.05, 3.63) is 11.7 Å². The molecule has 1 aromatic heterocycles. The maximum absolute atomic E-state index is 5.15. The Balaban J connectivity index is 1.79. The van der Waals surface area contributed by atoms with E-state index in [0.29, 0.717) is 0 Å². The number of aromatic nitrogens is 2. The molecule has 0 atom stereocenters. The van der Waals surface area contributed by atoms with E-state index in [1.165, 1.54) is 32.1 Å². The number of hydrogen-bond acceptors (Lipinski definition) is 3. The molecule has 0 N–H and O–H groups in total. The molecular weight excluding hydrogens is 176 g/mol. The van der Waals surface area contributed by atoms with Gasteiger partial charge in [0.15, 0.2) is 5.82 Å². The maximum Gasteiger partial charge on any atom is 0.226 e. The van der Waals surface area contributed by atoms with Crippen LogP contribution in [0, 0.1) is 5.92 Å². The second-order valence-electron chi connectivity index (χ2n) is 4.15. The molecule has 1 aliphatic rings. The Hall–Kier alpha value is -0.860. The summed E-state index contributed by atoms with van der Waals surface area (Å²) < 4.78 is 5.15. The van der Waals surface area contributed by atoms with Gasteiger partial charge in [-0.1, -0.05) is 37.8 Å². The molecule has 0 bridgehead atoms. The average molecular weight is 194 g/mol. The molecule has 0 saturated heterocycles. The van der Waals surface area contributed by atoms with Crippen LogP contribution in [0.25, 0.3) is 0 Å². The Morgan fingerprint density at radius 2 is 2.14 bits per heavy atom. The summed E-state index contributed by atoms with van der Waals surface area (Å²) in [7, 11) is 0. The zero-order chi connectivity index (χ0) is 9.80. The van der Waals surface area contributed by atoms with Crippen LogP contribution in [0.15, 0.2) is 4.52 Å². The predicted octanol–water partition coefficient (Wildman–Crippen LogP) is 2.75. The van der Waals surface area contributed by atoms with Crippen LogP contribution in [0.3, 0.4) is 0 Å². The normalized spacial score (nSPS) is 17.8. The summed E-state index contributed by atoms with van der Waals surface area (Å²) in [4.78, 5) is 4.31. The van der Waals surface area contributed by atoms with Crippen molar-refractivity contribution in [1.29, 1.82) is 0 Å². The fourth-order valence-corrected chi connectivity index (χ4v) is 2.16.